The summed E-state index contributed by atoms with van der Waals surface area (Å²) in [5.41, 5.74) is 6.03. The average Bonchev–Trinajstić information content (AvgIpc) is 3.02. The number of rotatable bonds is 6. The highest BCUT2D eigenvalue weighted by atomic mass is 15.3. The lowest BCUT2D eigenvalue weighted by Gasteiger charge is -2.08. The van der Waals surface area contributed by atoms with Crippen molar-refractivity contribution in [2.75, 3.05) is 6.54 Å². The van der Waals surface area contributed by atoms with E-state index in [1.54, 1.807) is 0 Å². The van der Waals surface area contributed by atoms with Crippen molar-refractivity contribution in [1.29, 1.82) is 0 Å². The Kier molecular flexibility index (Phi) is 4.48. The molecular formula is C18H25N5. The number of hydrogen-bond donors (Lipinski definition) is 1. The molecule has 0 radical (unpaired) electrons. The highest BCUT2D eigenvalue weighted by molar-refractivity contribution is 5.75. The van der Waals surface area contributed by atoms with Crippen molar-refractivity contribution in [3.8, 4) is 0 Å². The molecule has 2 aromatic heterocycles. The topological polar surface area (TPSA) is 47.7 Å². The molecule has 3 aromatic rings. The fourth-order valence-electron chi connectivity index (χ4n) is 3.21. The van der Waals surface area contributed by atoms with Gasteiger partial charge in [0.05, 0.1) is 23.3 Å². The van der Waals surface area contributed by atoms with Crippen molar-refractivity contribution in [1.82, 2.24) is 24.6 Å². The molecular weight excluding hydrogens is 286 g/mol. The summed E-state index contributed by atoms with van der Waals surface area (Å²) in [5, 5.41) is 8.01. The molecule has 0 fully saturated rings. The second-order valence-corrected chi connectivity index (χ2v) is 5.96. The van der Waals surface area contributed by atoms with Crippen LogP contribution in [0.4, 0.5) is 0 Å². The van der Waals surface area contributed by atoms with Gasteiger partial charge in [0, 0.05) is 19.3 Å². The van der Waals surface area contributed by atoms with Gasteiger partial charge in [-0.3, -0.25) is 4.68 Å². The van der Waals surface area contributed by atoms with E-state index in [0.717, 1.165) is 43.1 Å². The van der Waals surface area contributed by atoms with Crippen molar-refractivity contribution in [3.05, 3.63) is 47.0 Å². The predicted octanol–water partition coefficient (Wildman–Crippen LogP) is 2.74. The minimum absolute atomic E-state index is 0.793. The van der Waals surface area contributed by atoms with Gasteiger partial charge in [-0.05, 0) is 51.4 Å². The van der Waals surface area contributed by atoms with Crippen LogP contribution in [0.1, 0.15) is 29.7 Å². The molecule has 0 aliphatic rings. The Morgan fingerprint density at radius 1 is 1.17 bits per heavy atom. The van der Waals surface area contributed by atoms with Crippen molar-refractivity contribution in [2.24, 2.45) is 7.05 Å². The van der Waals surface area contributed by atoms with E-state index >= 15 is 0 Å². The summed E-state index contributed by atoms with van der Waals surface area (Å²) in [7, 11) is 2.00. The van der Waals surface area contributed by atoms with E-state index in [9.17, 15) is 0 Å². The summed E-state index contributed by atoms with van der Waals surface area (Å²) in [6.45, 7) is 9.05. The molecule has 0 unspecified atom stereocenters. The summed E-state index contributed by atoms with van der Waals surface area (Å²) in [5.74, 6) is 1.10. The normalized spacial score (nSPS) is 11.5. The number of imidazole rings is 1. The molecule has 1 aromatic carbocycles. The first-order chi connectivity index (χ1) is 11.1. The van der Waals surface area contributed by atoms with Gasteiger partial charge in [0.2, 0.25) is 0 Å². The smallest absolute Gasteiger partial charge is 0.123 e. The monoisotopic (exact) mass is 311 g/mol. The second kappa shape index (κ2) is 6.54. The number of benzene rings is 1. The molecule has 0 saturated heterocycles. The third-order valence-electron chi connectivity index (χ3n) is 4.54. The molecule has 5 heteroatoms. The van der Waals surface area contributed by atoms with Gasteiger partial charge in [-0.15, -0.1) is 0 Å². The summed E-state index contributed by atoms with van der Waals surface area (Å²) in [6, 6.07) is 8.33. The van der Waals surface area contributed by atoms with Crippen LogP contribution < -0.4 is 5.32 Å². The number of para-hydroxylation sites is 2. The first-order valence-corrected chi connectivity index (χ1v) is 8.25. The van der Waals surface area contributed by atoms with Gasteiger partial charge in [0.1, 0.15) is 5.82 Å². The summed E-state index contributed by atoms with van der Waals surface area (Å²) in [6.07, 6.45) is 0.998. The minimum atomic E-state index is 0.793. The molecule has 0 aliphatic carbocycles. The van der Waals surface area contributed by atoms with Crippen LogP contribution in [0.2, 0.25) is 0 Å². The largest absolute Gasteiger partial charge is 0.327 e. The van der Waals surface area contributed by atoms with Crippen LogP contribution in [0, 0.1) is 13.8 Å². The highest BCUT2D eigenvalue weighted by Crippen LogP contribution is 2.16. The lowest BCUT2D eigenvalue weighted by molar-refractivity contribution is 0.619. The number of aromatic nitrogens is 4. The van der Waals surface area contributed by atoms with Gasteiger partial charge in [0.15, 0.2) is 0 Å². The zero-order valence-corrected chi connectivity index (χ0v) is 14.4. The number of nitrogens with one attached hydrogen (secondary N) is 1. The Morgan fingerprint density at radius 2 is 1.96 bits per heavy atom. The molecule has 0 spiro atoms. The van der Waals surface area contributed by atoms with E-state index in [-0.39, 0.29) is 0 Å². The Bertz CT molecular complexity index is 812. The maximum Gasteiger partial charge on any atom is 0.123 e. The average molecular weight is 311 g/mol. The van der Waals surface area contributed by atoms with Crippen LogP contribution in [-0.2, 0) is 26.6 Å². The maximum absolute atomic E-state index is 4.75. The Balaban J connectivity index is 1.65. The Morgan fingerprint density at radius 3 is 2.65 bits per heavy atom. The third kappa shape index (κ3) is 3.01. The summed E-state index contributed by atoms with van der Waals surface area (Å²) < 4.78 is 4.24. The lowest BCUT2D eigenvalue weighted by Crippen LogP contribution is -2.20. The molecule has 0 amide bonds. The van der Waals surface area contributed by atoms with Gasteiger partial charge in [0.25, 0.3) is 0 Å². The van der Waals surface area contributed by atoms with E-state index in [0.29, 0.717) is 0 Å². The van der Waals surface area contributed by atoms with Crippen molar-refractivity contribution >= 4 is 11.0 Å². The van der Waals surface area contributed by atoms with Crippen molar-refractivity contribution in [3.63, 3.8) is 0 Å². The molecule has 5 nitrogen and oxygen atoms in total. The van der Waals surface area contributed by atoms with E-state index in [1.165, 1.54) is 16.8 Å². The third-order valence-corrected chi connectivity index (χ3v) is 4.54. The molecule has 2 heterocycles. The van der Waals surface area contributed by atoms with E-state index in [4.69, 9.17) is 4.98 Å². The molecule has 0 atom stereocenters. The van der Waals surface area contributed by atoms with Gasteiger partial charge in [-0.25, -0.2) is 4.98 Å². The lowest BCUT2D eigenvalue weighted by atomic mass is 10.1. The molecule has 3 rings (SSSR count). The fraction of sp³-hybridized carbons (Fsp3) is 0.444. The highest BCUT2D eigenvalue weighted by Gasteiger charge is 2.10. The summed E-state index contributed by atoms with van der Waals surface area (Å²) >= 11 is 0. The predicted molar refractivity (Wildman–Crippen MR) is 93.5 cm³/mol. The number of hydrogen-bond acceptors (Lipinski definition) is 3. The molecule has 23 heavy (non-hydrogen) atoms. The van der Waals surface area contributed by atoms with Crippen LogP contribution >= 0.6 is 0 Å². The van der Waals surface area contributed by atoms with Gasteiger partial charge in [-0.2, -0.15) is 5.10 Å². The van der Waals surface area contributed by atoms with Crippen LogP contribution in [0.5, 0.6) is 0 Å². The number of aryl methyl sites for hydroxylation is 3. The molecule has 122 valence electrons. The van der Waals surface area contributed by atoms with Gasteiger partial charge in [-0.1, -0.05) is 12.1 Å². The van der Waals surface area contributed by atoms with E-state index in [2.05, 4.69) is 54.0 Å². The second-order valence-electron chi connectivity index (χ2n) is 5.96. The standard InChI is InChI=1S/C18H25N5/c1-5-23-17-9-7-6-8-16(17)20-18(23)12-19-11-10-15-13(2)21-22(4)14(15)3/h6-9,19H,5,10-12H2,1-4H3. The van der Waals surface area contributed by atoms with Gasteiger partial charge < -0.3 is 9.88 Å². The van der Waals surface area contributed by atoms with Crippen LogP contribution in [0.15, 0.2) is 24.3 Å². The van der Waals surface area contributed by atoms with Crippen LogP contribution in [-0.4, -0.2) is 25.9 Å². The molecule has 0 aliphatic heterocycles. The Labute approximate surface area is 137 Å². The molecule has 0 saturated carbocycles. The number of fused-ring (bicyclic) bond motifs is 1. The van der Waals surface area contributed by atoms with E-state index < -0.39 is 0 Å². The number of nitrogens with zero attached hydrogens (tertiary/aromatic N) is 4. The quantitative estimate of drug-likeness (QED) is 0.712. The van der Waals surface area contributed by atoms with Crippen molar-refractivity contribution in [2.45, 2.75) is 40.3 Å². The maximum atomic E-state index is 4.75. The Hall–Kier alpha value is -2.14. The first-order valence-electron chi connectivity index (χ1n) is 8.25. The summed E-state index contributed by atoms with van der Waals surface area (Å²) in [4.78, 5) is 4.75. The van der Waals surface area contributed by atoms with E-state index in [1.807, 2.05) is 17.8 Å². The fourth-order valence-corrected chi connectivity index (χ4v) is 3.21. The van der Waals surface area contributed by atoms with Crippen LogP contribution in [0.3, 0.4) is 0 Å². The molecule has 1 N–H and O–H groups in total. The zero-order chi connectivity index (χ0) is 16.4. The zero-order valence-electron chi connectivity index (χ0n) is 14.4. The van der Waals surface area contributed by atoms with Crippen molar-refractivity contribution < 1.29 is 0 Å². The van der Waals surface area contributed by atoms with Crippen LogP contribution in [0.25, 0.3) is 11.0 Å². The van der Waals surface area contributed by atoms with Gasteiger partial charge >= 0.3 is 0 Å². The minimum Gasteiger partial charge on any atom is -0.327 e. The molecule has 0 bridgehead atoms. The SMILES string of the molecule is CCn1c(CNCCc2c(C)nn(C)c2C)nc2ccccc21. The first kappa shape index (κ1) is 15.7.